The summed E-state index contributed by atoms with van der Waals surface area (Å²) in [5, 5.41) is 4.01. The number of aryl methyl sites for hydroxylation is 1. The number of fused-ring (bicyclic) bond motifs is 1. The first kappa shape index (κ1) is 11.4. The van der Waals surface area contributed by atoms with E-state index in [4.69, 9.17) is 0 Å². The summed E-state index contributed by atoms with van der Waals surface area (Å²) >= 11 is 1.70. The minimum atomic E-state index is 0.0340. The molecule has 0 aliphatic carbocycles. The van der Waals surface area contributed by atoms with Crippen LogP contribution in [0.4, 0.5) is 4.79 Å². The van der Waals surface area contributed by atoms with Gasteiger partial charge < -0.3 is 10.2 Å². The quantitative estimate of drug-likeness (QED) is 0.814. The van der Waals surface area contributed by atoms with Gasteiger partial charge in [0.25, 0.3) is 0 Å². The molecule has 0 atom stereocenters. The molecule has 0 aromatic carbocycles. The second-order valence-electron chi connectivity index (χ2n) is 4.38. The predicted molar refractivity (Wildman–Crippen MR) is 64.6 cm³/mol. The Morgan fingerprint density at radius 1 is 1.56 bits per heavy atom. The lowest BCUT2D eigenvalue weighted by Crippen LogP contribution is -2.44. The van der Waals surface area contributed by atoms with Gasteiger partial charge in [-0.2, -0.15) is 0 Å². The molecule has 0 spiro atoms. The molecule has 4 nitrogen and oxygen atoms in total. The van der Waals surface area contributed by atoms with Crippen molar-refractivity contribution in [2.45, 2.75) is 39.8 Å². The van der Waals surface area contributed by atoms with E-state index in [0.717, 1.165) is 18.0 Å². The highest BCUT2D eigenvalue weighted by Crippen LogP contribution is 2.24. The van der Waals surface area contributed by atoms with Crippen LogP contribution < -0.4 is 5.32 Å². The SMILES string of the molecule is Cc1nc2c(s1)CN(C(=O)NC(C)C)CC2. The number of nitrogens with zero attached hydrogens (tertiary/aromatic N) is 2. The van der Waals surface area contributed by atoms with Gasteiger partial charge in [-0.1, -0.05) is 0 Å². The van der Waals surface area contributed by atoms with Crippen LogP contribution in [0.2, 0.25) is 0 Å². The highest BCUT2D eigenvalue weighted by molar-refractivity contribution is 7.11. The molecule has 0 saturated heterocycles. The van der Waals surface area contributed by atoms with E-state index in [-0.39, 0.29) is 12.1 Å². The van der Waals surface area contributed by atoms with Crippen LogP contribution in [0.15, 0.2) is 0 Å². The number of carbonyl (C=O) groups is 1. The summed E-state index contributed by atoms with van der Waals surface area (Å²) in [7, 11) is 0. The van der Waals surface area contributed by atoms with Gasteiger partial charge in [0.15, 0.2) is 0 Å². The van der Waals surface area contributed by atoms with E-state index in [2.05, 4.69) is 10.3 Å². The highest BCUT2D eigenvalue weighted by Gasteiger charge is 2.23. The van der Waals surface area contributed by atoms with Gasteiger partial charge in [0.2, 0.25) is 0 Å². The zero-order chi connectivity index (χ0) is 11.7. The normalized spacial score (nSPS) is 15.1. The van der Waals surface area contributed by atoms with Crippen molar-refractivity contribution in [1.82, 2.24) is 15.2 Å². The zero-order valence-electron chi connectivity index (χ0n) is 9.91. The average Bonchev–Trinajstić information content (AvgIpc) is 2.55. The van der Waals surface area contributed by atoms with E-state index in [1.165, 1.54) is 10.6 Å². The Bertz CT molecular complexity index is 400. The Hall–Kier alpha value is -1.10. The fourth-order valence-corrected chi connectivity index (χ4v) is 2.83. The largest absolute Gasteiger partial charge is 0.336 e. The van der Waals surface area contributed by atoms with Crippen LogP contribution in [-0.4, -0.2) is 28.5 Å². The molecule has 0 radical (unpaired) electrons. The van der Waals surface area contributed by atoms with Gasteiger partial charge in [-0.3, -0.25) is 0 Å². The van der Waals surface area contributed by atoms with Crippen molar-refractivity contribution in [2.24, 2.45) is 0 Å². The van der Waals surface area contributed by atoms with Crippen molar-refractivity contribution >= 4 is 17.4 Å². The summed E-state index contributed by atoms with van der Waals surface area (Å²) in [4.78, 5) is 19.4. The van der Waals surface area contributed by atoms with Crippen LogP contribution in [-0.2, 0) is 13.0 Å². The van der Waals surface area contributed by atoms with Gasteiger partial charge >= 0.3 is 6.03 Å². The van der Waals surface area contributed by atoms with E-state index < -0.39 is 0 Å². The highest BCUT2D eigenvalue weighted by atomic mass is 32.1. The van der Waals surface area contributed by atoms with Crippen LogP contribution in [0.1, 0.15) is 29.4 Å². The lowest BCUT2D eigenvalue weighted by Gasteiger charge is -2.27. The van der Waals surface area contributed by atoms with Crippen LogP contribution in [0, 0.1) is 6.92 Å². The zero-order valence-corrected chi connectivity index (χ0v) is 10.7. The van der Waals surface area contributed by atoms with Crippen molar-refractivity contribution < 1.29 is 4.79 Å². The third kappa shape index (κ3) is 2.35. The molecule has 2 amide bonds. The molecular formula is C11H17N3OS. The summed E-state index contributed by atoms with van der Waals surface area (Å²) in [5.41, 5.74) is 1.18. The van der Waals surface area contributed by atoms with E-state index in [9.17, 15) is 4.79 Å². The smallest absolute Gasteiger partial charge is 0.317 e. The van der Waals surface area contributed by atoms with Crippen LogP contribution in [0.3, 0.4) is 0 Å². The summed E-state index contributed by atoms with van der Waals surface area (Å²) in [6.45, 7) is 7.45. The number of hydrogen-bond acceptors (Lipinski definition) is 3. The Kier molecular flexibility index (Phi) is 3.14. The molecule has 0 fully saturated rings. The summed E-state index contributed by atoms with van der Waals surface area (Å²) in [5.74, 6) is 0. The molecule has 1 aliphatic rings. The number of nitrogens with one attached hydrogen (secondary N) is 1. The van der Waals surface area contributed by atoms with Gasteiger partial charge in [-0.05, 0) is 20.8 Å². The van der Waals surface area contributed by atoms with E-state index in [1.54, 1.807) is 11.3 Å². The van der Waals surface area contributed by atoms with Crippen molar-refractivity contribution in [2.75, 3.05) is 6.54 Å². The summed E-state index contributed by atoms with van der Waals surface area (Å²) < 4.78 is 0. The van der Waals surface area contributed by atoms with E-state index in [1.807, 2.05) is 25.7 Å². The lowest BCUT2D eigenvalue weighted by molar-refractivity contribution is 0.190. The maximum atomic E-state index is 11.8. The van der Waals surface area contributed by atoms with Gasteiger partial charge in [0, 0.05) is 23.9 Å². The first-order valence-electron chi connectivity index (χ1n) is 5.57. The molecule has 16 heavy (non-hydrogen) atoms. The Morgan fingerprint density at radius 2 is 2.31 bits per heavy atom. The molecule has 2 rings (SSSR count). The second-order valence-corrected chi connectivity index (χ2v) is 5.67. The Balaban J connectivity index is 2.04. The summed E-state index contributed by atoms with van der Waals surface area (Å²) in [6.07, 6.45) is 0.880. The third-order valence-corrected chi connectivity index (χ3v) is 3.54. The monoisotopic (exact) mass is 239 g/mol. The average molecular weight is 239 g/mol. The maximum absolute atomic E-state index is 11.8. The molecule has 88 valence electrons. The summed E-state index contributed by atoms with van der Waals surface area (Å²) in [6, 6.07) is 0.226. The fraction of sp³-hybridized carbons (Fsp3) is 0.636. The minimum Gasteiger partial charge on any atom is -0.336 e. The minimum absolute atomic E-state index is 0.0340. The molecule has 2 heterocycles. The number of hydrogen-bond donors (Lipinski definition) is 1. The van der Waals surface area contributed by atoms with Crippen molar-refractivity contribution in [3.63, 3.8) is 0 Å². The third-order valence-electron chi connectivity index (χ3n) is 2.54. The molecule has 1 aliphatic heterocycles. The molecule has 0 saturated carbocycles. The molecule has 1 aromatic rings. The first-order valence-corrected chi connectivity index (χ1v) is 6.38. The van der Waals surface area contributed by atoms with E-state index >= 15 is 0 Å². The van der Waals surface area contributed by atoms with Gasteiger partial charge in [0.05, 0.1) is 17.2 Å². The Labute approximate surface area is 99.7 Å². The second kappa shape index (κ2) is 4.41. The van der Waals surface area contributed by atoms with Crippen LogP contribution in [0.5, 0.6) is 0 Å². The van der Waals surface area contributed by atoms with Gasteiger partial charge in [-0.15, -0.1) is 11.3 Å². The number of rotatable bonds is 1. The topological polar surface area (TPSA) is 45.2 Å². The first-order chi connectivity index (χ1) is 7.56. The number of thiazole rings is 1. The molecule has 1 aromatic heterocycles. The molecular weight excluding hydrogens is 222 g/mol. The molecule has 1 N–H and O–H groups in total. The van der Waals surface area contributed by atoms with Crippen molar-refractivity contribution in [3.8, 4) is 0 Å². The Morgan fingerprint density at radius 3 is 3.00 bits per heavy atom. The number of aromatic nitrogens is 1. The number of carbonyl (C=O) groups excluding carboxylic acids is 1. The number of amides is 2. The van der Waals surface area contributed by atoms with Gasteiger partial charge in [-0.25, -0.2) is 9.78 Å². The van der Waals surface area contributed by atoms with Crippen LogP contribution >= 0.6 is 11.3 Å². The van der Waals surface area contributed by atoms with Gasteiger partial charge in [0.1, 0.15) is 0 Å². The predicted octanol–water partition coefficient (Wildman–Crippen LogP) is 1.93. The van der Waals surface area contributed by atoms with Crippen LogP contribution in [0.25, 0.3) is 0 Å². The van der Waals surface area contributed by atoms with E-state index in [0.29, 0.717) is 6.54 Å². The standard InChI is InChI=1S/C11H17N3OS/c1-7(2)12-11(15)14-5-4-9-10(6-14)16-8(3)13-9/h7H,4-6H2,1-3H3,(H,12,15). The molecule has 0 unspecified atom stereocenters. The van der Waals surface area contributed by atoms with Crippen molar-refractivity contribution in [1.29, 1.82) is 0 Å². The van der Waals surface area contributed by atoms with Crippen molar-refractivity contribution in [3.05, 3.63) is 15.6 Å². The molecule has 5 heteroatoms. The molecule has 0 bridgehead atoms. The maximum Gasteiger partial charge on any atom is 0.317 e. The lowest BCUT2D eigenvalue weighted by atomic mass is 10.2. The number of urea groups is 1. The fourth-order valence-electron chi connectivity index (χ4n) is 1.84.